The van der Waals surface area contributed by atoms with Crippen molar-refractivity contribution in [3.8, 4) is 0 Å². The summed E-state index contributed by atoms with van der Waals surface area (Å²) in [7, 11) is 0. The topological polar surface area (TPSA) is 78.7 Å². The molecule has 1 aliphatic heterocycles. The Kier molecular flexibility index (Phi) is 6.95. The molecule has 2 aromatic carbocycles. The van der Waals surface area contributed by atoms with E-state index in [2.05, 4.69) is 17.2 Å². The van der Waals surface area contributed by atoms with Gasteiger partial charge in [0.2, 0.25) is 5.91 Å². The van der Waals surface area contributed by atoms with E-state index >= 15 is 0 Å². The fraction of sp³-hybridized carbons (Fsp3) is 0.444. The van der Waals surface area contributed by atoms with Crippen LogP contribution in [-0.4, -0.2) is 51.8 Å². The van der Waals surface area contributed by atoms with Crippen LogP contribution in [0.2, 0.25) is 5.02 Å². The van der Waals surface area contributed by atoms with Gasteiger partial charge in [-0.05, 0) is 62.1 Å². The lowest BCUT2D eigenvalue weighted by molar-refractivity contribution is -0.128. The summed E-state index contributed by atoms with van der Waals surface area (Å²) in [5.74, 6) is 0.188. The van der Waals surface area contributed by atoms with Gasteiger partial charge in [-0.15, -0.1) is 0 Å². The van der Waals surface area contributed by atoms with Gasteiger partial charge in [0.15, 0.2) is 5.58 Å². The number of benzene rings is 2. The van der Waals surface area contributed by atoms with Crippen LogP contribution in [0, 0.1) is 0 Å². The largest absolute Gasteiger partial charge is 0.424 e. The summed E-state index contributed by atoms with van der Waals surface area (Å²) in [6.45, 7) is 3.76. The normalized spacial score (nSPS) is 18.5. The van der Waals surface area contributed by atoms with Crippen molar-refractivity contribution in [1.29, 1.82) is 0 Å². The molecule has 2 amide bonds. The van der Waals surface area contributed by atoms with Crippen molar-refractivity contribution < 1.29 is 14.0 Å². The van der Waals surface area contributed by atoms with Gasteiger partial charge < -0.3 is 19.5 Å². The molecule has 1 atom stereocenters. The standard InChI is InChI=1S/C27H31ClN4O3/c1-18-9-12-25(33)31(18)13-14-32(22-7-2-3-8-22)26(34)20-10-11-24-23(16-20)30-27(35-24)29-17-19-5-4-6-21(28)15-19/h4-6,10-11,15-16,18,22H,2-3,7-9,12-14,17H2,1H3,(H,29,30). The van der Waals surface area contributed by atoms with Gasteiger partial charge in [0.05, 0.1) is 0 Å². The van der Waals surface area contributed by atoms with Gasteiger partial charge in [-0.3, -0.25) is 9.59 Å². The highest BCUT2D eigenvalue weighted by Crippen LogP contribution is 2.27. The quantitative estimate of drug-likeness (QED) is 0.448. The first-order valence-corrected chi connectivity index (χ1v) is 12.8. The fourth-order valence-corrected chi connectivity index (χ4v) is 5.44. The first-order valence-electron chi connectivity index (χ1n) is 12.5. The summed E-state index contributed by atoms with van der Waals surface area (Å²) < 4.78 is 5.83. The van der Waals surface area contributed by atoms with E-state index in [0.29, 0.717) is 53.8 Å². The van der Waals surface area contributed by atoms with Crippen molar-refractivity contribution in [2.45, 2.75) is 64.1 Å². The Morgan fingerprint density at radius 2 is 2.03 bits per heavy atom. The third-order valence-corrected chi connectivity index (χ3v) is 7.44. The summed E-state index contributed by atoms with van der Waals surface area (Å²) in [6, 6.07) is 13.9. The Labute approximate surface area is 210 Å². The number of carbonyl (C=O) groups is 2. The molecule has 1 saturated heterocycles. The maximum absolute atomic E-state index is 13.6. The SMILES string of the molecule is CC1CCC(=O)N1CCN(C(=O)c1ccc2oc(NCc3cccc(Cl)c3)nc2c1)C1CCCC1. The molecule has 3 aromatic rings. The van der Waals surface area contributed by atoms with Gasteiger partial charge in [-0.1, -0.05) is 36.6 Å². The Morgan fingerprint density at radius 1 is 1.20 bits per heavy atom. The first-order chi connectivity index (χ1) is 17.0. The minimum atomic E-state index is -0.00506. The van der Waals surface area contributed by atoms with Crippen molar-refractivity contribution in [1.82, 2.24) is 14.8 Å². The lowest BCUT2D eigenvalue weighted by atomic mass is 10.1. The maximum atomic E-state index is 13.6. The second kappa shape index (κ2) is 10.3. The number of anilines is 1. The molecular formula is C27H31ClN4O3. The number of nitrogens with one attached hydrogen (secondary N) is 1. The van der Waals surface area contributed by atoms with Crippen LogP contribution in [-0.2, 0) is 11.3 Å². The molecule has 1 unspecified atom stereocenters. The van der Waals surface area contributed by atoms with Crippen LogP contribution in [0.25, 0.3) is 11.1 Å². The van der Waals surface area contributed by atoms with E-state index in [0.717, 1.165) is 37.7 Å². The van der Waals surface area contributed by atoms with Gasteiger partial charge in [-0.2, -0.15) is 4.98 Å². The number of likely N-dealkylation sites (tertiary alicyclic amines) is 1. The summed E-state index contributed by atoms with van der Waals surface area (Å²) in [5, 5.41) is 3.87. The number of amides is 2. The highest BCUT2D eigenvalue weighted by atomic mass is 35.5. The zero-order valence-corrected chi connectivity index (χ0v) is 20.8. The Morgan fingerprint density at radius 3 is 2.77 bits per heavy atom. The maximum Gasteiger partial charge on any atom is 0.295 e. The molecule has 2 aliphatic rings. The van der Waals surface area contributed by atoms with Gasteiger partial charge >= 0.3 is 0 Å². The third-order valence-electron chi connectivity index (χ3n) is 7.20. The number of carbonyl (C=O) groups excluding carboxylic acids is 2. The summed E-state index contributed by atoms with van der Waals surface area (Å²) in [5.41, 5.74) is 2.88. The molecule has 1 N–H and O–H groups in total. The highest BCUT2D eigenvalue weighted by molar-refractivity contribution is 6.30. The average Bonchev–Trinajstić information content (AvgIpc) is 3.59. The molecule has 8 heteroatoms. The Hall–Kier alpha value is -3.06. The zero-order chi connectivity index (χ0) is 24.4. The van der Waals surface area contributed by atoms with Gasteiger partial charge in [0.25, 0.3) is 11.9 Å². The smallest absolute Gasteiger partial charge is 0.295 e. The van der Waals surface area contributed by atoms with Crippen molar-refractivity contribution in [2.24, 2.45) is 0 Å². The molecule has 2 fully saturated rings. The van der Waals surface area contributed by atoms with E-state index in [9.17, 15) is 9.59 Å². The lowest BCUT2D eigenvalue weighted by Crippen LogP contribution is -2.45. The number of nitrogens with zero attached hydrogens (tertiary/aromatic N) is 3. The second-order valence-electron chi connectivity index (χ2n) is 9.60. The van der Waals surface area contributed by atoms with Crippen molar-refractivity contribution in [3.05, 3.63) is 58.6 Å². The molecule has 35 heavy (non-hydrogen) atoms. The number of aromatic nitrogens is 1. The zero-order valence-electron chi connectivity index (χ0n) is 20.0. The van der Waals surface area contributed by atoms with E-state index in [1.807, 2.05) is 40.1 Å². The van der Waals surface area contributed by atoms with Crippen molar-refractivity contribution in [2.75, 3.05) is 18.4 Å². The molecule has 5 rings (SSSR count). The van der Waals surface area contributed by atoms with E-state index < -0.39 is 0 Å². The predicted octanol–water partition coefficient (Wildman–Crippen LogP) is 5.49. The van der Waals surface area contributed by atoms with Crippen LogP contribution in [0.15, 0.2) is 46.9 Å². The number of oxazole rings is 1. The molecule has 1 saturated carbocycles. The van der Waals surface area contributed by atoms with Crippen LogP contribution in [0.4, 0.5) is 6.01 Å². The Balaban J connectivity index is 1.31. The minimum absolute atomic E-state index is 0.00506. The molecule has 1 aliphatic carbocycles. The predicted molar refractivity (Wildman–Crippen MR) is 136 cm³/mol. The van der Waals surface area contributed by atoms with E-state index in [-0.39, 0.29) is 23.9 Å². The molecule has 1 aromatic heterocycles. The molecule has 0 radical (unpaired) electrons. The molecule has 2 heterocycles. The van der Waals surface area contributed by atoms with Crippen LogP contribution in [0.3, 0.4) is 0 Å². The number of hydrogen-bond donors (Lipinski definition) is 1. The van der Waals surface area contributed by atoms with Crippen molar-refractivity contribution in [3.63, 3.8) is 0 Å². The van der Waals surface area contributed by atoms with Crippen LogP contribution < -0.4 is 5.32 Å². The fourth-order valence-electron chi connectivity index (χ4n) is 5.23. The monoisotopic (exact) mass is 494 g/mol. The molecule has 0 spiro atoms. The van der Waals surface area contributed by atoms with E-state index in [4.69, 9.17) is 16.0 Å². The second-order valence-corrected chi connectivity index (χ2v) is 10.0. The number of rotatable bonds is 8. The van der Waals surface area contributed by atoms with Crippen LogP contribution in [0.5, 0.6) is 0 Å². The number of fused-ring (bicyclic) bond motifs is 1. The van der Waals surface area contributed by atoms with Crippen LogP contribution >= 0.6 is 11.6 Å². The van der Waals surface area contributed by atoms with Gasteiger partial charge in [-0.25, -0.2) is 0 Å². The third kappa shape index (κ3) is 5.30. The summed E-state index contributed by atoms with van der Waals surface area (Å²) >= 11 is 6.06. The number of hydrogen-bond acceptors (Lipinski definition) is 5. The van der Waals surface area contributed by atoms with Crippen LogP contribution in [0.1, 0.15) is 61.4 Å². The Bertz CT molecular complexity index is 1220. The summed E-state index contributed by atoms with van der Waals surface area (Å²) in [6.07, 6.45) is 5.80. The van der Waals surface area contributed by atoms with E-state index in [1.54, 1.807) is 12.1 Å². The van der Waals surface area contributed by atoms with Gasteiger partial charge in [0, 0.05) is 48.7 Å². The molecule has 184 valence electrons. The minimum Gasteiger partial charge on any atom is -0.424 e. The number of halogens is 1. The van der Waals surface area contributed by atoms with Gasteiger partial charge in [0.1, 0.15) is 5.52 Å². The van der Waals surface area contributed by atoms with Crippen molar-refractivity contribution >= 4 is 40.5 Å². The first kappa shape index (κ1) is 23.7. The molecule has 7 nitrogen and oxygen atoms in total. The lowest BCUT2D eigenvalue weighted by Gasteiger charge is -2.32. The molecule has 0 bridgehead atoms. The summed E-state index contributed by atoms with van der Waals surface area (Å²) in [4.78, 5) is 34.3. The average molecular weight is 495 g/mol. The molecular weight excluding hydrogens is 464 g/mol. The highest BCUT2D eigenvalue weighted by Gasteiger charge is 2.31. The van der Waals surface area contributed by atoms with E-state index in [1.165, 1.54) is 0 Å².